The average molecular weight is 764 g/mol. The Kier molecular flexibility index (Phi) is 20.0. The summed E-state index contributed by atoms with van der Waals surface area (Å²) in [5.74, 6) is 3.88. The van der Waals surface area contributed by atoms with E-state index in [1.165, 1.54) is 108 Å². The molecule has 0 amide bonds. The fourth-order valence-electron chi connectivity index (χ4n) is 6.60. The largest absolute Gasteiger partial charge is 4.00 e. The molecule has 8 heteroatoms. The summed E-state index contributed by atoms with van der Waals surface area (Å²) in [7, 11) is -1.36. The number of benzene rings is 2. The maximum Gasteiger partial charge on any atom is 4.00 e. The van der Waals surface area contributed by atoms with Crippen LogP contribution in [0.5, 0.6) is 11.5 Å². The van der Waals surface area contributed by atoms with Crippen LogP contribution in [0, 0.1) is 0 Å². The van der Waals surface area contributed by atoms with Crippen LogP contribution in [0.25, 0.3) is 21.5 Å². The Balaban J connectivity index is 0.000000380. The van der Waals surface area contributed by atoms with Gasteiger partial charge in [-0.15, -0.1) is 70.1 Å². The molecular weight excluding hydrogens is 711 g/mol. The number of halogens is 2. The second-order valence-electron chi connectivity index (χ2n) is 12.6. The van der Waals surface area contributed by atoms with Gasteiger partial charge in [0.1, 0.15) is 0 Å². The van der Waals surface area contributed by atoms with Crippen LogP contribution in [-0.4, -0.2) is 27.6 Å². The molecule has 0 aromatic heterocycles. The molecule has 4 aromatic rings. The molecule has 1 radical (unpaired) electrons. The van der Waals surface area contributed by atoms with Crippen molar-refractivity contribution in [2.45, 2.75) is 115 Å². The fourth-order valence-corrected chi connectivity index (χ4v) is 8.07. The molecule has 2 saturated carbocycles. The molecule has 2 fully saturated rings. The van der Waals surface area contributed by atoms with E-state index < -0.39 is 18.1 Å². The van der Waals surface area contributed by atoms with Gasteiger partial charge in [0.15, 0.2) is 0 Å². The molecule has 239 valence electrons. The van der Waals surface area contributed by atoms with Crippen molar-refractivity contribution in [3.05, 3.63) is 71.8 Å². The predicted octanol–water partition coefficient (Wildman–Crippen LogP) is 4.46. The van der Waals surface area contributed by atoms with E-state index in [4.69, 9.17) is 8.85 Å². The Morgan fingerprint density at radius 1 is 0.591 bits per heavy atom. The van der Waals surface area contributed by atoms with Crippen molar-refractivity contribution in [1.29, 1.82) is 0 Å². The van der Waals surface area contributed by atoms with Gasteiger partial charge in [0, 0.05) is 9.52 Å². The van der Waals surface area contributed by atoms with Crippen LogP contribution in [0.4, 0.5) is 0 Å². The Bertz CT molecular complexity index is 1240. The molecule has 0 atom stereocenters. The van der Waals surface area contributed by atoms with Gasteiger partial charge in [-0.05, 0) is 75.2 Å². The van der Waals surface area contributed by atoms with Gasteiger partial charge in [0.2, 0.25) is 18.1 Å². The minimum atomic E-state index is -1.05. The van der Waals surface area contributed by atoms with E-state index in [1.54, 1.807) is 0 Å². The Labute approximate surface area is 305 Å². The second-order valence-corrected chi connectivity index (χ2v) is 18.4. The van der Waals surface area contributed by atoms with Gasteiger partial charge in [0.25, 0.3) is 0 Å². The van der Waals surface area contributed by atoms with E-state index in [0.717, 1.165) is 21.4 Å². The van der Waals surface area contributed by atoms with E-state index in [-0.39, 0.29) is 51.0 Å². The molecule has 0 bridgehead atoms. The summed E-state index contributed by atoms with van der Waals surface area (Å²) in [4.78, 5) is 0. The van der Waals surface area contributed by atoms with Crippen molar-refractivity contribution in [3.8, 4) is 11.5 Å². The molecule has 0 heterocycles. The summed E-state index contributed by atoms with van der Waals surface area (Å²) >= 11 is 0. The maximum absolute atomic E-state index is 6.29. The van der Waals surface area contributed by atoms with E-state index >= 15 is 0 Å². The van der Waals surface area contributed by atoms with Gasteiger partial charge in [-0.2, -0.15) is 0 Å². The standard InChI is InChI=1S/2C17H23OSi.C2H7Si.2ClH.Zr/c2*1-19(2)18-17-15-11-7-6-10-14(15)12-16(17)13-8-4-3-5-9-13;1-3-2;;;/h2*6-7,10-13,19H,3-5,8-9H2,1-2H3;3H,1-2H3;2*1H;/q2*-1;;;;+4/p-2. The Hall–Kier alpha value is -0.626. The topological polar surface area (TPSA) is 18.5 Å². The molecule has 2 nitrogen and oxygen atoms in total. The molecule has 0 saturated heterocycles. The first-order valence-corrected chi connectivity index (χ1v) is 24.2. The third-order valence-corrected chi connectivity index (χ3v) is 9.77. The summed E-state index contributed by atoms with van der Waals surface area (Å²) in [5.41, 5.74) is 2.98. The van der Waals surface area contributed by atoms with Crippen molar-refractivity contribution in [1.82, 2.24) is 0 Å². The van der Waals surface area contributed by atoms with Crippen LogP contribution in [0.15, 0.2) is 60.7 Å². The third-order valence-electron chi connectivity index (χ3n) is 8.35. The fraction of sp³-hybridized carbons (Fsp3) is 0.500. The van der Waals surface area contributed by atoms with Gasteiger partial charge >= 0.3 is 26.2 Å². The van der Waals surface area contributed by atoms with Crippen molar-refractivity contribution in [2.24, 2.45) is 0 Å². The second kappa shape index (κ2) is 21.3. The first kappa shape index (κ1) is 41.4. The van der Waals surface area contributed by atoms with Crippen LogP contribution in [-0.2, 0) is 26.2 Å². The molecular formula is C36H53Cl2O2Si3Zr. The van der Waals surface area contributed by atoms with E-state index in [1.807, 2.05) is 0 Å². The first-order valence-electron chi connectivity index (χ1n) is 16.4. The number of rotatable bonds is 6. The van der Waals surface area contributed by atoms with Crippen LogP contribution < -0.4 is 33.7 Å². The Morgan fingerprint density at radius 3 is 1.23 bits per heavy atom. The SMILES string of the molecule is C[SiH](C)Oc1c(C2CCCCC2)[cH-]c2ccccc12.C[SiH](C)Oc1c(C2CCCCC2)[cH-]c2ccccc12.C[SiH]C.[Cl-].[Cl-].[Zr+4]. The van der Waals surface area contributed by atoms with Gasteiger partial charge in [-0.1, -0.05) is 74.9 Å². The zero-order chi connectivity index (χ0) is 29.2. The van der Waals surface area contributed by atoms with E-state index in [2.05, 4.69) is 99.9 Å². The summed E-state index contributed by atoms with van der Waals surface area (Å²) < 4.78 is 12.6. The van der Waals surface area contributed by atoms with Crippen LogP contribution in [0.1, 0.15) is 87.2 Å². The normalized spacial score (nSPS) is 15.3. The van der Waals surface area contributed by atoms with Gasteiger partial charge in [0.05, 0.1) is 0 Å². The molecule has 6 rings (SSSR count). The zero-order valence-corrected chi connectivity index (χ0v) is 35.2. The van der Waals surface area contributed by atoms with E-state index in [9.17, 15) is 0 Å². The summed E-state index contributed by atoms with van der Waals surface area (Å²) in [6.07, 6.45) is 13.7. The zero-order valence-electron chi connectivity index (χ0n) is 27.8. The molecule has 2 aliphatic carbocycles. The summed E-state index contributed by atoms with van der Waals surface area (Å²) in [5, 5.41) is 5.36. The molecule has 0 spiro atoms. The van der Waals surface area contributed by atoms with Gasteiger partial charge < -0.3 is 33.7 Å². The van der Waals surface area contributed by atoms with Crippen LogP contribution in [0.3, 0.4) is 0 Å². The van der Waals surface area contributed by atoms with Gasteiger partial charge in [-0.3, -0.25) is 0 Å². The number of hydrogen-bond donors (Lipinski definition) is 0. The summed E-state index contributed by atoms with van der Waals surface area (Å²) in [6, 6.07) is 22.2. The molecule has 0 aliphatic heterocycles. The summed E-state index contributed by atoms with van der Waals surface area (Å²) in [6.45, 7) is 13.4. The maximum atomic E-state index is 6.29. The molecule has 0 unspecified atom stereocenters. The molecule has 4 aromatic carbocycles. The molecule has 0 N–H and O–H groups in total. The number of fused-ring (bicyclic) bond motifs is 2. The molecule has 44 heavy (non-hydrogen) atoms. The molecule has 2 aliphatic rings. The minimum Gasteiger partial charge on any atom is -1.00 e. The quantitative estimate of drug-likeness (QED) is 0.214. The van der Waals surface area contributed by atoms with Crippen molar-refractivity contribution < 1.29 is 59.9 Å². The van der Waals surface area contributed by atoms with Crippen LogP contribution >= 0.6 is 0 Å². The average Bonchev–Trinajstić information content (AvgIpc) is 3.53. The van der Waals surface area contributed by atoms with Crippen LogP contribution in [0.2, 0.25) is 39.3 Å². The Morgan fingerprint density at radius 2 is 0.909 bits per heavy atom. The van der Waals surface area contributed by atoms with Crippen molar-refractivity contribution in [2.75, 3.05) is 0 Å². The van der Waals surface area contributed by atoms with E-state index in [0.29, 0.717) is 0 Å². The smallest absolute Gasteiger partial charge is 1.00 e. The predicted molar refractivity (Wildman–Crippen MR) is 189 cm³/mol. The van der Waals surface area contributed by atoms with Crippen molar-refractivity contribution >= 4 is 49.1 Å². The minimum absolute atomic E-state index is 0. The van der Waals surface area contributed by atoms with Crippen molar-refractivity contribution in [3.63, 3.8) is 0 Å². The van der Waals surface area contributed by atoms with Gasteiger partial charge in [-0.25, -0.2) is 0 Å². The first-order chi connectivity index (χ1) is 19.9. The third kappa shape index (κ3) is 11.3. The monoisotopic (exact) mass is 761 g/mol. The number of hydrogen-bond acceptors (Lipinski definition) is 2.